The van der Waals surface area contributed by atoms with Gasteiger partial charge in [-0.25, -0.2) is 0 Å². The minimum Gasteiger partial charge on any atom is -0.192 e. The van der Waals surface area contributed by atoms with Crippen LogP contribution in [0.3, 0.4) is 0 Å². The monoisotopic (exact) mass is 129 g/mol. The van der Waals surface area contributed by atoms with Crippen molar-refractivity contribution in [2.45, 2.75) is 6.92 Å². The van der Waals surface area contributed by atoms with Crippen LogP contribution in [0.1, 0.15) is 11.1 Å². The molecule has 0 amide bonds. The highest BCUT2D eigenvalue weighted by atomic mass is 14.2. The Balaban J connectivity index is 3.23. The van der Waals surface area contributed by atoms with E-state index in [1.165, 1.54) is 5.46 Å². The van der Waals surface area contributed by atoms with E-state index in [0.29, 0.717) is 0 Å². The highest BCUT2D eigenvalue weighted by Gasteiger charge is 1.93. The molecule has 10 heavy (non-hydrogen) atoms. The molecule has 1 nitrogen and oxygen atoms in total. The maximum Gasteiger partial charge on any atom is 0.139 e. The standard InChI is InChI=1S/C8H8BN/c1-6-4-8(9)3-2-7(6)5-10/h2-4H,9H2,1H3. The van der Waals surface area contributed by atoms with E-state index in [-0.39, 0.29) is 0 Å². The molecule has 0 unspecified atom stereocenters. The Labute approximate surface area is 61.7 Å². The Morgan fingerprint density at radius 2 is 2.20 bits per heavy atom. The van der Waals surface area contributed by atoms with Crippen LogP contribution in [-0.4, -0.2) is 7.85 Å². The van der Waals surface area contributed by atoms with E-state index >= 15 is 0 Å². The molecule has 0 aromatic heterocycles. The molecule has 1 aromatic rings. The molecule has 0 saturated carbocycles. The van der Waals surface area contributed by atoms with E-state index in [2.05, 4.69) is 6.07 Å². The molecule has 0 radical (unpaired) electrons. The second-order valence-corrected chi connectivity index (χ2v) is 2.43. The van der Waals surface area contributed by atoms with Crippen molar-refractivity contribution in [2.24, 2.45) is 0 Å². The van der Waals surface area contributed by atoms with Crippen molar-refractivity contribution in [1.82, 2.24) is 0 Å². The van der Waals surface area contributed by atoms with Crippen molar-refractivity contribution in [3.8, 4) is 6.07 Å². The van der Waals surface area contributed by atoms with Crippen LogP contribution in [0.4, 0.5) is 0 Å². The second-order valence-electron chi connectivity index (χ2n) is 2.43. The van der Waals surface area contributed by atoms with Crippen LogP contribution in [0.25, 0.3) is 0 Å². The molecule has 48 valence electrons. The molecule has 0 aliphatic rings. The SMILES string of the molecule is Bc1ccc(C#N)c(C)c1. The third-order valence-corrected chi connectivity index (χ3v) is 1.50. The van der Waals surface area contributed by atoms with E-state index in [9.17, 15) is 0 Å². The average Bonchev–Trinajstić information content (AvgIpc) is 1.88. The molecule has 0 aliphatic carbocycles. The normalized spacial score (nSPS) is 8.80. The van der Waals surface area contributed by atoms with Gasteiger partial charge in [-0.05, 0) is 18.6 Å². The summed E-state index contributed by atoms with van der Waals surface area (Å²) in [4.78, 5) is 0. The molecule has 0 atom stereocenters. The molecule has 0 heterocycles. The minimum absolute atomic E-state index is 0.769. The van der Waals surface area contributed by atoms with Crippen LogP contribution in [0.2, 0.25) is 0 Å². The van der Waals surface area contributed by atoms with Gasteiger partial charge in [-0.2, -0.15) is 5.26 Å². The van der Waals surface area contributed by atoms with Crippen molar-refractivity contribution in [3.05, 3.63) is 29.3 Å². The number of hydrogen-bond donors (Lipinski definition) is 0. The van der Waals surface area contributed by atoms with Gasteiger partial charge in [0.15, 0.2) is 0 Å². The third-order valence-electron chi connectivity index (χ3n) is 1.50. The van der Waals surface area contributed by atoms with Gasteiger partial charge in [-0.3, -0.25) is 0 Å². The average molecular weight is 129 g/mol. The molecule has 0 N–H and O–H groups in total. The summed E-state index contributed by atoms with van der Waals surface area (Å²) < 4.78 is 0. The summed E-state index contributed by atoms with van der Waals surface area (Å²) in [5, 5.41) is 8.56. The molecule has 0 saturated heterocycles. The lowest BCUT2D eigenvalue weighted by molar-refractivity contribution is 1.41. The summed E-state index contributed by atoms with van der Waals surface area (Å²) >= 11 is 0. The maximum absolute atomic E-state index is 8.56. The van der Waals surface area contributed by atoms with Crippen molar-refractivity contribution >= 4 is 13.3 Å². The molecule has 0 bridgehead atoms. The van der Waals surface area contributed by atoms with Gasteiger partial charge in [-0.1, -0.05) is 17.6 Å². The van der Waals surface area contributed by atoms with Crippen LogP contribution < -0.4 is 5.46 Å². The predicted molar refractivity (Wildman–Crippen MR) is 44.1 cm³/mol. The number of nitrogens with zero attached hydrogens (tertiary/aromatic N) is 1. The van der Waals surface area contributed by atoms with Crippen LogP contribution in [0.5, 0.6) is 0 Å². The Morgan fingerprint density at radius 3 is 2.70 bits per heavy atom. The highest BCUT2D eigenvalue weighted by Crippen LogP contribution is 2.01. The van der Waals surface area contributed by atoms with Crippen molar-refractivity contribution in [2.75, 3.05) is 0 Å². The van der Waals surface area contributed by atoms with E-state index in [1.807, 2.05) is 33.0 Å². The van der Waals surface area contributed by atoms with Crippen molar-refractivity contribution in [1.29, 1.82) is 5.26 Å². The van der Waals surface area contributed by atoms with Gasteiger partial charge in [0.25, 0.3) is 0 Å². The smallest absolute Gasteiger partial charge is 0.139 e. The zero-order chi connectivity index (χ0) is 7.56. The van der Waals surface area contributed by atoms with Gasteiger partial charge >= 0.3 is 0 Å². The lowest BCUT2D eigenvalue weighted by atomic mass is 9.93. The lowest BCUT2D eigenvalue weighted by Gasteiger charge is -1.96. The van der Waals surface area contributed by atoms with E-state index < -0.39 is 0 Å². The van der Waals surface area contributed by atoms with Gasteiger partial charge < -0.3 is 0 Å². The zero-order valence-electron chi connectivity index (χ0n) is 6.18. The zero-order valence-corrected chi connectivity index (χ0v) is 6.18. The summed E-state index contributed by atoms with van der Waals surface area (Å²) in [5.41, 5.74) is 3.03. The summed E-state index contributed by atoms with van der Waals surface area (Å²) in [5.74, 6) is 0. The van der Waals surface area contributed by atoms with Crippen molar-refractivity contribution < 1.29 is 0 Å². The fourth-order valence-corrected chi connectivity index (χ4v) is 0.939. The quantitative estimate of drug-likeness (QED) is 0.456. The van der Waals surface area contributed by atoms with Gasteiger partial charge in [0.05, 0.1) is 11.6 Å². The summed E-state index contributed by atoms with van der Waals surface area (Å²) in [6.45, 7) is 1.95. The van der Waals surface area contributed by atoms with Crippen LogP contribution >= 0.6 is 0 Å². The van der Waals surface area contributed by atoms with Crippen molar-refractivity contribution in [3.63, 3.8) is 0 Å². The number of benzene rings is 1. The Hall–Kier alpha value is -1.23. The first-order chi connectivity index (χ1) is 4.74. The van der Waals surface area contributed by atoms with Gasteiger partial charge in [0.2, 0.25) is 0 Å². The van der Waals surface area contributed by atoms with Crippen LogP contribution in [-0.2, 0) is 0 Å². The molecule has 0 aliphatic heterocycles. The maximum atomic E-state index is 8.56. The summed E-state index contributed by atoms with van der Waals surface area (Å²) in [6, 6.07) is 7.94. The van der Waals surface area contributed by atoms with Gasteiger partial charge in [0.1, 0.15) is 7.85 Å². The largest absolute Gasteiger partial charge is 0.192 e. The number of rotatable bonds is 0. The molecule has 0 fully saturated rings. The third kappa shape index (κ3) is 1.19. The van der Waals surface area contributed by atoms with E-state index in [0.717, 1.165) is 11.1 Å². The molecular formula is C8H8BN. The Bertz CT molecular complexity index is 286. The van der Waals surface area contributed by atoms with Crippen LogP contribution in [0, 0.1) is 18.3 Å². The Morgan fingerprint density at radius 1 is 1.50 bits per heavy atom. The first-order valence-corrected chi connectivity index (χ1v) is 3.21. The second kappa shape index (κ2) is 2.57. The molecule has 1 rings (SSSR count). The van der Waals surface area contributed by atoms with E-state index in [4.69, 9.17) is 5.26 Å². The first kappa shape index (κ1) is 6.89. The van der Waals surface area contributed by atoms with Crippen LogP contribution in [0.15, 0.2) is 18.2 Å². The topological polar surface area (TPSA) is 23.8 Å². The van der Waals surface area contributed by atoms with Gasteiger partial charge in [0, 0.05) is 0 Å². The van der Waals surface area contributed by atoms with E-state index in [1.54, 1.807) is 0 Å². The fourth-order valence-electron chi connectivity index (χ4n) is 0.939. The number of hydrogen-bond acceptors (Lipinski definition) is 1. The summed E-state index contributed by atoms with van der Waals surface area (Å²) in [6.07, 6.45) is 0. The lowest BCUT2D eigenvalue weighted by Crippen LogP contribution is -2.02. The molecule has 2 heteroatoms. The first-order valence-electron chi connectivity index (χ1n) is 3.21. The number of nitriles is 1. The molecule has 1 aromatic carbocycles. The Kier molecular flexibility index (Phi) is 1.77. The van der Waals surface area contributed by atoms with Gasteiger partial charge in [-0.15, -0.1) is 0 Å². The summed E-state index contributed by atoms with van der Waals surface area (Å²) in [7, 11) is 2.02. The fraction of sp³-hybridized carbons (Fsp3) is 0.125. The molecule has 0 spiro atoms. The highest BCUT2D eigenvalue weighted by molar-refractivity contribution is 6.32. The number of aryl methyl sites for hydroxylation is 1. The minimum atomic E-state index is 0.769. The molecular weight excluding hydrogens is 121 g/mol. The predicted octanol–water partition coefficient (Wildman–Crippen LogP) is 0.125.